The molecule has 106 valence electrons. The van der Waals surface area contributed by atoms with Gasteiger partial charge in [-0.3, -0.25) is 14.9 Å². The van der Waals surface area contributed by atoms with Crippen molar-refractivity contribution in [1.29, 1.82) is 5.26 Å². The molecule has 0 saturated heterocycles. The molecule has 0 saturated carbocycles. The van der Waals surface area contributed by atoms with Gasteiger partial charge in [0.2, 0.25) is 5.91 Å². The summed E-state index contributed by atoms with van der Waals surface area (Å²) in [6.45, 7) is 1.52. The van der Waals surface area contributed by atoms with E-state index in [2.05, 4.69) is 15.4 Å². The van der Waals surface area contributed by atoms with Crippen molar-refractivity contribution in [3.8, 4) is 6.07 Å². The Kier molecular flexibility index (Phi) is 3.90. The van der Waals surface area contributed by atoms with Gasteiger partial charge >= 0.3 is 0 Å². The molecular weight excluding hydrogens is 276 g/mol. The van der Waals surface area contributed by atoms with E-state index < -0.39 is 10.8 Å². The molecule has 0 radical (unpaired) electrons. The van der Waals surface area contributed by atoms with Gasteiger partial charge in [-0.15, -0.1) is 5.10 Å². The van der Waals surface area contributed by atoms with Gasteiger partial charge in [0.1, 0.15) is 24.6 Å². The zero-order valence-corrected chi connectivity index (χ0v) is 11.0. The topological polar surface area (TPSA) is 127 Å². The van der Waals surface area contributed by atoms with Crippen molar-refractivity contribution in [2.24, 2.45) is 0 Å². The maximum absolute atomic E-state index is 11.8. The number of carbonyl (C=O) groups excluding carboxylic acids is 1. The predicted octanol–water partition coefficient (Wildman–Crippen LogP) is 1.01. The Balaban J connectivity index is 2.13. The number of nitriles is 1. The lowest BCUT2D eigenvalue weighted by Gasteiger charge is -2.06. The summed E-state index contributed by atoms with van der Waals surface area (Å²) in [6, 6.07) is 6.23. The lowest BCUT2D eigenvalue weighted by molar-refractivity contribution is -0.384. The van der Waals surface area contributed by atoms with Gasteiger partial charge in [0.05, 0.1) is 4.92 Å². The first kappa shape index (κ1) is 14.1. The number of anilines is 1. The van der Waals surface area contributed by atoms with Crippen LogP contribution in [0.2, 0.25) is 0 Å². The molecule has 2 rings (SSSR count). The molecule has 1 aromatic carbocycles. The third kappa shape index (κ3) is 3.38. The van der Waals surface area contributed by atoms with Crippen LogP contribution in [-0.2, 0) is 11.3 Å². The maximum atomic E-state index is 11.8. The predicted molar refractivity (Wildman–Crippen MR) is 71.2 cm³/mol. The number of rotatable bonds is 4. The fourth-order valence-electron chi connectivity index (χ4n) is 1.66. The van der Waals surface area contributed by atoms with Crippen molar-refractivity contribution in [3.63, 3.8) is 0 Å². The molecule has 21 heavy (non-hydrogen) atoms. The number of nitro groups is 1. The normalized spacial score (nSPS) is 9.90. The van der Waals surface area contributed by atoms with Crippen molar-refractivity contribution in [2.45, 2.75) is 13.5 Å². The smallest absolute Gasteiger partial charge is 0.293 e. The highest BCUT2D eigenvalue weighted by Crippen LogP contribution is 2.25. The third-order valence-corrected chi connectivity index (χ3v) is 2.57. The number of hydrogen-bond acceptors (Lipinski definition) is 6. The zero-order valence-electron chi connectivity index (χ0n) is 11.0. The molecule has 2 aromatic rings. The standard InChI is InChI=1S/C12H10N6O3/c1-8-2-3-9(10(4-8)18(20)21)15-12(19)6-17-7-14-11(5-13)16-17/h2-4,7H,6H2,1H3,(H,15,19). The molecule has 0 bridgehead atoms. The van der Waals surface area contributed by atoms with Gasteiger partial charge in [0, 0.05) is 6.07 Å². The molecule has 0 atom stereocenters. The van der Waals surface area contributed by atoms with Crippen molar-refractivity contribution >= 4 is 17.3 Å². The number of hydrogen-bond donors (Lipinski definition) is 1. The molecule has 0 aliphatic rings. The van der Waals surface area contributed by atoms with E-state index in [1.807, 2.05) is 0 Å². The van der Waals surface area contributed by atoms with Gasteiger partial charge < -0.3 is 5.32 Å². The summed E-state index contributed by atoms with van der Waals surface area (Å²) < 4.78 is 1.17. The maximum Gasteiger partial charge on any atom is 0.293 e. The van der Waals surface area contributed by atoms with E-state index in [1.54, 1.807) is 19.1 Å². The minimum Gasteiger partial charge on any atom is -0.319 e. The van der Waals surface area contributed by atoms with Crippen LogP contribution >= 0.6 is 0 Å². The summed E-state index contributed by atoms with van der Waals surface area (Å²) in [5, 5.41) is 25.7. The summed E-state index contributed by atoms with van der Waals surface area (Å²) in [7, 11) is 0. The number of aryl methyl sites for hydroxylation is 1. The Hall–Kier alpha value is -3.28. The van der Waals surface area contributed by atoms with Crippen molar-refractivity contribution in [3.05, 3.63) is 46.0 Å². The SMILES string of the molecule is Cc1ccc(NC(=O)Cn2cnc(C#N)n2)c([N+](=O)[O-])c1. The molecule has 1 heterocycles. The number of carbonyl (C=O) groups is 1. The minimum absolute atomic E-state index is 0.0517. The second-order valence-electron chi connectivity index (χ2n) is 4.20. The number of aromatic nitrogens is 3. The van der Waals surface area contributed by atoms with E-state index in [0.717, 1.165) is 5.56 Å². The lowest BCUT2D eigenvalue weighted by Crippen LogP contribution is -2.19. The molecule has 0 spiro atoms. The Bertz CT molecular complexity index is 746. The largest absolute Gasteiger partial charge is 0.319 e. The first-order valence-corrected chi connectivity index (χ1v) is 5.84. The summed E-state index contributed by atoms with van der Waals surface area (Å²) >= 11 is 0. The number of benzene rings is 1. The Morgan fingerprint density at radius 3 is 2.95 bits per heavy atom. The highest BCUT2D eigenvalue weighted by Gasteiger charge is 2.16. The molecule has 0 fully saturated rings. The molecule has 1 aromatic heterocycles. The zero-order chi connectivity index (χ0) is 15.4. The number of amides is 1. The fraction of sp³-hybridized carbons (Fsp3) is 0.167. The van der Waals surface area contributed by atoms with Crippen LogP contribution in [-0.4, -0.2) is 25.6 Å². The average Bonchev–Trinajstić information content (AvgIpc) is 2.88. The van der Waals surface area contributed by atoms with Gasteiger partial charge in [0.25, 0.3) is 11.5 Å². The third-order valence-electron chi connectivity index (χ3n) is 2.57. The van der Waals surface area contributed by atoms with Crippen molar-refractivity contribution in [2.75, 3.05) is 5.32 Å². The Morgan fingerprint density at radius 2 is 2.33 bits per heavy atom. The summed E-state index contributed by atoms with van der Waals surface area (Å²) in [5.41, 5.74) is 0.644. The minimum atomic E-state index is -0.564. The summed E-state index contributed by atoms with van der Waals surface area (Å²) in [4.78, 5) is 25.9. The fourth-order valence-corrected chi connectivity index (χ4v) is 1.66. The van der Waals surface area contributed by atoms with Crippen LogP contribution in [0.1, 0.15) is 11.4 Å². The Labute approximate surface area is 119 Å². The van der Waals surface area contributed by atoms with E-state index in [1.165, 1.54) is 23.1 Å². The molecule has 1 amide bonds. The van der Waals surface area contributed by atoms with E-state index >= 15 is 0 Å². The van der Waals surface area contributed by atoms with Gasteiger partial charge in [0.15, 0.2) is 0 Å². The van der Waals surface area contributed by atoms with Crippen molar-refractivity contribution in [1.82, 2.24) is 14.8 Å². The van der Waals surface area contributed by atoms with Crippen LogP contribution < -0.4 is 5.32 Å². The molecule has 0 unspecified atom stereocenters. The van der Waals surface area contributed by atoms with Crippen molar-refractivity contribution < 1.29 is 9.72 Å². The van der Waals surface area contributed by atoms with Crippen LogP contribution in [0.4, 0.5) is 11.4 Å². The highest BCUT2D eigenvalue weighted by atomic mass is 16.6. The molecule has 1 N–H and O–H groups in total. The first-order chi connectivity index (χ1) is 9.99. The molecule has 0 aliphatic carbocycles. The van der Waals surface area contributed by atoms with Gasteiger partial charge in [-0.05, 0) is 18.6 Å². The molecule has 9 heteroatoms. The quantitative estimate of drug-likeness (QED) is 0.660. The first-order valence-electron chi connectivity index (χ1n) is 5.84. The van der Waals surface area contributed by atoms with E-state index in [-0.39, 0.29) is 23.7 Å². The lowest BCUT2D eigenvalue weighted by atomic mass is 10.2. The van der Waals surface area contributed by atoms with Gasteiger partial charge in [-0.1, -0.05) is 6.07 Å². The highest BCUT2D eigenvalue weighted by molar-refractivity contribution is 5.92. The average molecular weight is 286 g/mol. The number of nitrogens with one attached hydrogen (secondary N) is 1. The van der Waals surface area contributed by atoms with Crippen LogP contribution in [0, 0.1) is 28.4 Å². The number of nitrogens with zero attached hydrogens (tertiary/aromatic N) is 5. The van der Waals surface area contributed by atoms with Crippen LogP contribution in [0.15, 0.2) is 24.5 Å². The Morgan fingerprint density at radius 1 is 1.57 bits per heavy atom. The van der Waals surface area contributed by atoms with Gasteiger partial charge in [-0.25, -0.2) is 9.67 Å². The molecular formula is C12H10N6O3. The van der Waals surface area contributed by atoms with Crippen LogP contribution in [0.25, 0.3) is 0 Å². The molecule has 0 aliphatic heterocycles. The van der Waals surface area contributed by atoms with Gasteiger partial charge in [-0.2, -0.15) is 5.26 Å². The van der Waals surface area contributed by atoms with Crippen LogP contribution in [0.3, 0.4) is 0 Å². The number of nitro benzene ring substituents is 1. The summed E-state index contributed by atoms with van der Waals surface area (Å²) in [5.74, 6) is -0.555. The monoisotopic (exact) mass is 286 g/mol. The van der Waals surface area contributed by atoms with E-state index in [4.69, 9.17) is 5.26 Å². The van der Waals surface area contributed by atoms with E-state index in [9.17, 15) is 14.9 Å². The molecule has 9 nitrogen and oxygen atoms in total. The van der Waals surface area contributed by atoms with E-state index in [0.29, 0.717) is 0 Å². The summed E-state index contributed by atoms with van der Waals surface area (Å²) in [6.07, 6.45) is 1.24. The van der Waals surface area contributed by atoms with Crippen LogP contribution in [0.5, 0.6) is 0 Å². The second kappa shape index (κ2) is 5.79. The second-order valence-corrected chi connectivity index (χ2v) is 4.20.